The van der Waals surface area contributed by atoms with E-state index in [2.05, 4.69) is 0 Å². The molecular weight excluding hydrogens is 1010 g/mol. The predicted octanol–water partition coefficient (Wildman–Crippen LogP) is 7.43. The number of unbranched alkanes of at least 4 members (excludes halogenated alkanes) is 5. The average Bonchev–Trinajstić information content (AvgIpc) is 3.47. The molecule has 0 saturated carbocycles. The zero-order valence-corrected chi connectivity index (χ0v) is 43.1. The van der Waals surface area contributed by atoms with Gasteiger partial charge in [0, 0.05) is 20.0 Å². The number of aliphatic hydroxyl groups excluding tert-OH is 1. The van der Waals surface area contributed by atoms with E-state index >= 15 is 0 Å². The van der Waals surface area contributed by atoms with Crippen LogP contribution in [-0.2, 0) is 61.7 Å². The summed E-state index contributed by atoms with van der Waals surface area (Å²) in [5.41, 5.74) is 0.538. The van der Waals surface area contributed by atoms with Gasteiger partial charge in [0.1, 0.15) is 37.6 Å². The van der Waals surface area contributed by atoms with Crippen LogP contribution in [0.1, 0.15) is 104 Å². The van der Waals surface area contributed by atoms with Crippen molar-refractivity contribution in [2.24, 2.45) is 0 Å². The van der Waals surface area contributed by atoms with E-state index in [1.54, 1.807) is 91.0 Å². The van der Waals surface area contributed by atoms with Gasteiger partial charge in [0.2, 0.25) is 0 Å². The lowest BCUT2D eigenvalue weighted by Gasteiger charge is -2.48. The molecule has 0 aromatic heterocycles. The molecule has 5 aromatic carbocycles. The number of esters is 7. The van der Waals surface area contributed by atoms with Crippen molar-refractivity contribution in [2.75, 3.05) is 26.9 Å². The van der Waals surface area contributed by atoms with E-state index in [1.807, 2.05) is 0 Å². The minimum atomic E-state index is -1.97. The third-order valence-electron chi connectivity index (χ3n) is 12.6. The number of carbonyl (C=O) groups is 7. The van der Waals surface area contributed by atoms with Crippen LogP contribution < -0.4 is 0 Å². The van der Waals surface area contributed by atoms with Crippen LogP contribution in [-0.4, -0.2) is 135 Å². The van der Waals surface area contributed by atoms with Crippen LogP contribution in [0.2, 0.25) is 0 Å². The van der Waals surface area contributed by atoms with Gasteiger partial charge in [-0.3, -0.25) is 9.59 Å². The molecule has 2 heterocycles. The monoisotopic (exact) mass is 1070 g/mol. The van der Waals surface area contributed by atoms with E-state index in [9.17, 15) is 38.7 Å². The Hall–Kier alpha value is -7.81. The maximum absolute atomic E-state index is 14.4. The SMILES string of the molecule is COC(=O)CCCCCCCCO[C@@H]1O[C@H](COC(=O)c2ccccc2)[C@@H](O[C@@H]2O[C@H](COC(=O)c3ccccc3)[C@H](OC(C)=O)[C@H](O)[C@H]2OC(=O)c2ccccc2)[C@H](OC(=O)c2ccccc2)[C@H]1OC(=O)c1ccccc1. The first-order valence-corrected chi connectivity index (χ1v) is 25.6. The summed E-state index contributed by atoms with van der Waals surface area (Å²) in [6.07, 6.45) is -12.6. The zero-order valence-electron chi connectivity index (χ0n) is 43.1. The molecule has 2 fully saturated rings. The molecule has 0 amide bonds. The molecule has 78 heavy (non-hydrogen) atoms. The molecular formula is C59H62O19. The first-order chi connectivity index (χ1) is 37.9. The molecule has 0 unspecified atom stereocenters. The van der Waals surface area contributed by atoms with Gasteiger partial charge < -0.3 is 57.2 Å². The normalized spacial score (nSPS) is 22.7. The molecule has 0 aliphatic carbocycles. The molecule has 19 nitrogen and oxygen atoms in total. The molecule has 2 saturated heterocycles. The van der Waals surface area contributed by atoms with Crippen LogP contribution in [0.3, 0.4) is 0 Å². The minimum Gasteiger partial charge on any atom is -0.469 e. The number of hydrogen-bond acceptors (Lipinski definition) is 19. The van der Waals surface area contributed by atoms with Gasteiger partial charge in [0.05, 0.1) is 34.9 Å². The van der Waals surface area contributed by atoms with Gasteiger partial charge in [-0.15, -0.1) is 0 Å². The van der Waals surface area contributed by atoms with E-state index in [1.165, 1.54) is 67.8 Å². The second-order valence-electron chi connectivity index (χ2n) is 18.2. The van der Waals surface area contributed by atoms with Gasteiger partial charge in [-0.2, -0.15) is 0 Å². The van der Waals surface area contributed by atoms with Crippen LogP contribution in [0, 0.1) is 0 Å². The summed E-state index contributed by atoms with van der Waals surface area (Å²) in [5.74, 6) is -5.54. The van der Waals surface area contributed by atoms with Crippen molar-refractivity contribution < 1.29 is 90.8 Å². The molecule has 2 aliphatic heterocycles. The molecule has 10 atom stereocenters. The molecule has 0 spiro atoms. The number of aliphatic hydroxyl groups is 1. The maximum Gasteiger partial charge on any atom is 0.338 e. The standard InChI is InChI=1S/C59H62O19/c1-38(60)72-48-44(36-70-53(63)39-24-12-7-13-25-39)74-59(50(47(48)62)75-55(65)41-28-16-9-17-29-41)78-49-45(37-71-54(64)40-26-14-8-15-27-40)73-58(69-35-23-6-4-3-5-22-34-46(61)68-2)52(77-57(67)43-32-20-11-21-33-43)51(49)76-56(66)42-30-18-10-19-31-42/h7-21,24-33,44-45,47-52,58-59,62H,3-6,22-23,34-37H2,1-2H3/t44-,45-,47+,48+,49-,50-,51+,52-,58-,59+/m1/s1. The van der Waals surface area contributed by atoms with E-state index < -0.39 is 110 Å². The molecule has 5 aromatic rings. The average molecular weight is 1080 g/mol. The lowest BCUT2D eigenvalue weighted by molar-refractivity contribution is -0.357. The zero-order chi connectivity index (χ0) is 55.2. The van der Waals surface area contributed by atoms with Crippen molar-refractivity contribution in [2.45, 2.75) is 113 Å². The fourth-order valence-electron chi connectivity index (χ4n) is 8.64. The highest BCUT2D eigenvalue weighted by Crippen LogP contribution is 2.36. The highest BCUT2D eigenvalue weighted by Gasteiger charge is 2.57. The Labute approximate surface area is 450 Å². The number of benzene rings is 5. The van der Waals surface area contributed by atoms with Gasteiger partial charge in [-0.1, -0.05) is 117 Å². The van der Waals surface area contributed by atoms with Crippen molar-refractivity contribution in [3.8, 4) is 0 Å². The number of carbonyl (C=O) groups excluding carboxylic acids is 7. The van der Waals surface area contributed by atoms with Crippen LogP contribution >= 0.6 is 0 Å². The Morgan fingerprint density at radius 2 is 0.821 bits per heavy atom. The van der Waals surface area contributed by atoms with Crippen molar-refractivity contribution in [3.63, 3.8) is 0 Å². The van der Waals surface area contributed by atoms with Crippen molar-refractivity contribution >= 4 is 41.8 Å². The lowest BCUT2D eigenvalue weighted by atomic mass is 9.96. The van der Waals surface area contributed by atoms with E-state index in [4.69, 9.17) is 52.1 Å². The molecule has 412 valence electrons. The highest BCUT2D eigenvalue weighted by molar-refractivity contribution is 5.91. The quantitative estimate of drug-likeness (QED) is 0.0339. The topological polar surface area (TPSA) is 241 Å². The summed E-state index contributed by atoms with van der Waals surface area (Å²) >= 11 is 0. The van der Waals surface area contributed by atoms with E-state index in [0.717, 1.165) is 26.2 Å². The summed E-state index contributed by atoms with van der Waals surface area (Å²) in [6.45, 7) is -0.191. The maximum atomic E-state index is 14.4. The summed E-state index contributed by atoms with van der Waals surface area (Å²) in [4.78, 5) is 93.9. The fraction of sp³-hybridized carbons (Fsp3) is 0.373. The Bertz CT molecular complexity index is 2710. The summed E-state index contributed by atoms with van der Waals surface area (Å²) < 4.78 is 66.6. The Morgan fingerprint density at radius 3 is 1.27 bits per heavy atom. The second-order valence-corrected chi connectivity index (χ2v) is 18.2. The van der Waals surface area contributed by atoms with Gasteiger partial charge in [-0.25, -0.2) is 24.0 Å². The molecule has 0 bridgehead atoms. The van der Waals surface area contributed by atoms with Crippen LogP contribution in [0.5, 0.6) is 0 Å². The third-order valence-corrected chi connectivity index (χ3v) is 12.6. The van der Waals surface area contributed by atoms with Crippen molar-refractivity contribution in [1.82, 2.24) is 0 Å². The summed E-state index contributed by atoms with van der Waals surface area (Å²) in [5, 5.41) is 12.3. The van der Waals surface area contributed by atoms with Crippen LogP contribution in [0.4, 0.5) is 0 Å². The van der Waals surface area contributed by atoms with Crippen LogP contribution in [0.15, 0.2) is 152 Å². The first kappa shape index (κ1) is 57.9. The van der Waals surface area contributed by atoms with Gasteiger partial charge in [-0.05, 0) is 73.5 Å². The highest BCUT2D eigenvalue weighted by atomic mass is 16.8. The van der Waals surface area contributed by atoms with E-state index in [-0.39, 0.29) is 40.4 Å². The number of hydrogen-bond donors (Lipinski definition) is 1. The van der Waals surface area contributed by atoms with Crippen molar-refractivity contribution in [1.29, 1.82) is 0 Å². The smallest absolute Gasteiger partial charge is 0.338 e. The van der Waals surface area contributed by atoms with Gasteiger partial charge in [0.15, 0.2) is 37.0 Å². The first-order valence-electron chi connectivity index (χ1n) is 25.6. The third kappa shape index (κ3) is 16.6. The number of rotatable bonds is 25. The molecule has 2 aliphatic rings. The van der Waals surface area contributed by atoms with Gasteiger partial charge >= 0.3 is 41.8 Å². The Kier molecular flexibility index (Phi) is 22.0. The fourth-order valence-corrected chi connectivity index (χ4v) is 8.64. The molecule has 1 N–H and O–H groups in total. The number of ether oxygens (including phenoxy) is 11. The summed E-state index contributed by atoms with van der Waals surface area (Å²) in [7, 11) is 1.35. The molecule has 0 radical (unpaired) electrons. The Morgan fingerprint density at radius 1 is 0.436 bits per heavy atom. The minimum absolute atomic E-state index is 0.0317. The van der Waals surface area contributed by atoms with Crippen molar-refractivity contribution in [3.05, 3.63) is 179 Å². The summed E-state index contributed by atoms with van der Waals surface area (Å²) in [6, 6.07) is 39.5. The molecule has 7 rings (SSSR count). The lowest BCUT2D eigenvalue weighted by Crippen LogP contribution is -2.67. The second kappa shape index (κ2) is 29.6. The van der Waals surface area contributed by atoms with Crippen LogP contribution in [0.25, 0.3) is 0 Å². The Balaban J connectivity index is 1.28. The predicted molar refractivity (Wildman–Crippen MR) is 274 cm³/mol. The van der Waals surface area contributed by atoms with E-state index in [0.29, 0.717) is 25.7 Å². The van der Waals surface area contributed by atoms with Gasteiger partial charge in [0.25, 0.3) is 0 Å². The number of methoxy groups -OCH3 is 1. The largest absolute Gasteiger partial charge is 0.469 e. The molecule has 19 heteroatoms.